The molecule has 0 saturated carbocycles. The van der Waals surface area contributed by atoms with Crippen LogP contribution in [0.25, 0.3) is 0 Å². The first-order valence-corrected chi connectivity index (χ1v) is 5.94. The van der Waals surface area contributed by atoms with E-state index in [9.17, 15) is 4.39 Å². The average Bonchev–Trinajstić information content (AvgIpc) is 2.30. The van der Waals surface area contributed by atoms with Crippen molar-refractivity contribution in [2.75, 3.05) is 18.9 Å². The molecule has 0 aliphatic heterocycles. The molecule has 0 bridgehead atoms. The van der Waals surface area contributed by atoms with Crippen LogP contribution in [0.2, 0.25) is 0 Å². The van der Waals surface area contributed by atoms with Gasteiger partial charge >= 0.3 is 0 Å². The molecular weight excluding hydrogens is 221 g/mol. The van der Waals surface area contributed by atoms with Crippen LogP contribution >= 0.6 is 0 Å². The number of aliphatic hydroxyl groups is 1. The number of rotatable bonds is 7. The van der Waals surface area contributed by atoms with Gasteiger partial charge in [0.05, 0.1) is 6.61 Å². The summed E-state index contributed by atoms with van der Waals surface area (Å²) in [4.78, 5) is 0. The Morgan fingerprint density at radius 3 is 2.65 bits per heavy atom. The summed E-state index contributed by atoms with van der Waals surface area (Å²) in [5, 5.41) is 8.60. The first-order valence-electron chi connectivity index (χ1n) is 5.94. The van der Waals surface area contributed by atoms with Gasteiger partial charge in [0.25, 0.3) is 0 Å². The van der Waals surface area contributed by atoms with Crippen molar-refractivity contribution in [1.29, 1.82) is 0 Å². The molecule has 0 saturated heterocycles. The van der Waals surface area contributed by atoms with Crippen LogP contribution in [0.1, 0.15) is 31.2 Å². The van der Waals surface area contributed by atoms with Crippen molar-refractivity contribution in [3.63, 3.8) is 0 Å². The number of aryl methyl sites for hydroxylation is 1. The highest BCUT2D eigenvalue weighted by Gasteiger charge is 2.06. The lowest BCUT2D eigenvalue weighted by molar-refractivity contribution is 0.269. The second-order valence-electron chi connectivity index (χ2n) is 4.13. The van der Waals surface area contributed by atoms with Crippen LogP contribution in [0.5, 0.6) is 5.75 Å². The largest absolute Gasteiger partial charge is 0.491 e. The maximum absolute atomic E-state index is 13.4. The Bertz CT molecular complexity index is 356. The third-order valence-corrected chi connectivity index (χ3v) is 2.63. The second-order valence-corrected chi connectivity index (χ2v) is 4.13. The molecule has 4 heteroatoms. The van der Waals surface area contributed by atoms with Crippen LogP contribution in [0.15, 0.2) is 12.1 Å². The van der Waals surface area contributed by atoms with Gasteiger partial charge in [0.2, 0.25) is 0 Å². The van der Waals surface area contributed by atoms with E-state index in [0.717, 1.165) is 31.2 Å². The average molecular weight is 241 g/mol. The summed E-state index contributed by atoms with van der Waals surface area (Å²) in [6.45, 7) is 2.54. The van der Waals surface area contributed by atoms with Crippen molar-refractivity contribution in [2.24, 2.45) is 0 Å². The normalized spacial score (nSPS) is 10.5. The maximum atomic E-state index is 13.4. The van der Waals surface area contributed by atoms with Gasteiger partial charge in [-0.25, -0.2) is 4.39 Å². The van der Waals surface area contributed by atoms with Gasteiger partial charge < -0.3 is 15.6 Å². The molecule has 0 aliphatic rings. The monoisotopic (exact) mass is 241 g/mol. The molecular formula is C13H20FNO2. The maximum Gasteiger partial charge on any atom is 0.167 e. The molecule has 0 fully saturated rings. The van der Waals surface area contributed by atoms with Gasteiger partial charge in [-0.1, -0.05) is 6.42 Å². The van der Waals surface area contributed by atoms with Crippen LogP contribution < -0.4 is 10.5 Å². The van der Waals surface area contributed by atoms with E-state index in [1.165, 1.54) is 6.07 Å². The summed E-state index contributed by atoms with van der Waals surface area (Å²) in [6.07, 6.45) is 3.64. The Hall–Kier alpha value is -1.29. The fraction of sp³-hybridized carbons (Fsp3) is 0.538. The van der Waals surface area contributed by atoms with E-state index in [1.54, 1.807) is 6.07 Å². The Morgan fingerprint density at radius 2 is 1.94 bits per heavy atom. The van der Waals surface area contributed by atoms with Crippen LogP contribution in [-0.4, -0.2) is 18.3 Å². The van der Waals surface area contributed by atoms with Crippen molar-refractivity contribution >= 4 is 5.69 Å². The third kappa shape index (κ3) is 4.61. The molecule has 0 radical (unpaired) electrons. The van der Waals surface area contributed by atoms with Crippen molar-refractivity contribution in [3.8, 4) is 5.75 Å². The molecule has 0 aliphatic carbocycles. The molecule has 0 amide bonds. The minimum atomic E-state index is -0.413. The van der Waals surface area contributed by atoms with E-state index in [-0.39, 0.29) is 12.4 Å². The number of nitrogen functional groups attached to an aromatic ring is 1. The zero-order chi connectivity index (χ0) is 12.7. The van der Waals surface area contributed by atoms with E-state index in [4.69, 9.17) is 15.6 Å². The SMILES string of the molecule is Cc1cc(OCCCCCCO)c(F)cc1N. The highest BCUT2D eigenvalue weighted by molar-refractivity contribution is 5.50. The van der Waals surface area contributed by atoms with Crippen molar-refractivity contribution in [2.45, 2.75) is 32.6 Å². The number of nitrogens with two attached hydrogens (primary N) is 1. The number of ether oxygens (including phenoxy) is 1. The second kappa shape index (κ2) is 7.12. The Kier molecular flexibility index (Phi) is 5.77. The predicted octanol–water partition coefficient (Wildman–Crippen LogP) is 2.65. The zero-order valence-electron chi connectivity index (χ0n) is 10.2. The molecule has 0 atom stereocenters. The van der Waals surface area contributed by atoms with Crippen LogP contribution in [0, 0.1) is 12.7 Å². The molecule has 3 nitrogen and oxygen atoms in total. The van der Waals surface area contributed by atoms with Gasteiger partial charge in [-0.05, 0) is 37.8 Å². The number of hydrogen-bond donors (Lipinski definition) is 2. The van der Waals surface area contributed by atoms with Gasteiger partial charge in [-0.3, -0.25) is 0 Å². The molecule has 0 heterocycles. The molecule has 0 aromatic heterocycles. The van der Waals surface area contributed by atoms with E-state index < -0.39 is 5.82 Å². The lowest BCUT2D eigenvalue weighted by Gasteiger charge is -2.09. The molecule has 96 valence electrons. The van der Waals surface area contributed by atoms with Gasteiger partial charge in [0.1, 0.15) is 0 Å². The fourth-order valence-corrected chi connectivity index (χ4v) is 1.53. The zero-order valence-corrected chi connectivity index (χ0v) is 10.2. The minimum Gasteiger partial charge on any atom is -0.491 e. The fourth-order valence-electron chi connectivity index (χ4n) is 1.53. The number of aliphatic hydroxyl groups excluding tert-OH is 1. The third-order valence-electron chi connectivity index (χ3n) is 2.63. The van der Waals surface area contributed by atoms with Gasteiger partial charge in [0.15, 0.2) is 11.6 Å². The highest BCUT2D eigenvalue weighted by atomic mass is 19.1. The summed E-state index contributed by atoms with van der Waals surface area (Å²) in [5.74, 6) is -0.151. The molecule has 1 aromatic carbocycles. The van der Waals surface area contributed by atoms with Gasteiger partial charge in [-0.15, -0.1) is 0 Å². The van der Waals surface area contributed by atoms with Gasteiger partial charge in [0, 0.05) is 18.4 Å². The van der Waals surface area contributed by atoms with Crippen molar-refractivity contribution in [3.05, 3.63) is 23.5 Å². The lowest BCUT2D eigenvalue weighted by Crippen LogP contribution is -2.01. The van der Waals surface area contributed by atoms with Crippen molar-refractivity contribution < 1.29 is 14.2 Å². The molecule has 1 aromatic rings. The summed E-state index contributed by atoms with van der Waals surface area (Å²) >= 11 is 0. The van der Waals surface area contributed by atoms with E-state index in [2.05, 4.69) is 0 Å². The van der Waals surface area contributed by atoms with E-state index >= 15 is 0 Å². The molecule has 17 heavy (non-hydrogen) atoms. The van der Waals surface area contributed by atoms with Gasteiger partial charge in [-0.2, -0.15) is 0 Å². The van der Waals surface area contributed by atoms with Crippen LogP contribution in [-0.2, 0) is 0 Å². The Morgan fingerprint density at radius 1 is 1.24 bits per heavy atom. The summed E-state index contributed by atoms with van der Waals surface area (Å²) in [5.41, 5.74) is 6.84. The first kappa shape index (κ1) is 13.8. The lowest BCUT2D eigenvalue weighted by atomic mass is 10.2. The smallest absolute Gasteiger partial charge is 0.167 e. The van der Waals surface area contributed by atoms with E-state index in [1.807, 2.05) is 6.92 Å². The highest BCUT2D eigenvalue weighted by Crippen LogP contribution is 2.23. The Balaban J connectivity index is 2.34. The quantitative estimate of drug-likeness (QED) is 0.570. The molecule has 1 rings (SSSR count). The molecule has 3 N–H and O–H groups in total. The standard InChI is InChI=1S/C13H20FNO2/c1-10-8-13(11(14)9-12(10)15)17-7-5-3-2-4-6-16/h8-9,16H,2-7,15H2,1H3. The number of hydrogen-bond acceptors (Lipinski definition) is 3. The number of benzene rings is 1. The van der Waals surface area contributed by atoms with Crippen LogP contribution in [0.4, 0.5) is 10.1 Å². The predicted molar refractivity (Wildman–Crippen MR) is 66.6 cm³/mol. The topological polar surface area (TPSA) is 55.5 Å². The number of anilines is 1. The summed E-state index contributed by atoms with van der Waals surface area (Å²) in [6, 6.07) is 2.91. The van der Waals surface area contributed by atoms with Crippen molar-refractivity contribution in [1.82, 2.24) is 0 Å². The number of unbranched alkanes of at least 4 members (excludes halogenated alkanes) is 3. The minimum absolute atomic E-state index is 0.229. The Labute approximate surface area is 101 Å². The first-order chi connectivity index (χ1) is 8.15. The summed E-state index contributed by atoms with van der Waals surface area (Å²) < 4.78 is 18.8. The van der Waals surface area contributed by atoms with Crippen LogP contribution in [0.3, 0.4) is 0 Å². The number of halogens is 1. The van der Waals surface area contributed by atoms with E-state index in [0.29, 0.717) is 12.3 Å². The molecule has 0 unspecified atom stereocenters. The molecule has 0 spiro atoms. The summed E-state index contributed by atoms with van der Waals surface area (Å²) in [7, 11) is 0.